The smallest absolute Gasteiger partial charge is 0.352 e. The molecule has 0 atom stereocenters. The molecule has 8 heteroatoms. The monoisotopic (exact) mass is 331 g/mol. The van der Waals surface area contributed by atoms with Gasteiger partial charge < -0.3 is 10.6 Å². The fourth-order valence-electron chi connectivity index (χ4n) is 1.27. The van der Waals surface area contributed by atoms with Crippen molar-refractivity contribution in [1.82, 2.24) is 5.32 Å². The lowest BCUT2D eigenvalue weighted by atomic mass is 10.3. The molecule has 1 aromatic rings. The molecule has 0 heterocycles. The van der Waals surface area contributed by atoms with Crippen molar-refractivity contribution in [2.75, 3.05) is 12.4 Å². The topological polar surface area (TPSA) is 84.3 Å². The number of benzene rings is 1. The van der Waals surface area contributed by atoms with Gasteiger partial charge in [-0.05, 0) is 41.1 Å². The van der Waals surface area contributed by atoms with E-state index < -0.39 is 22.3 Å². The van der Waals surface area contributed by atoms with Crippen LogP contribution in [-0.4, -0.2) is 17.9 Å². The van der Waals surface area contributed by atoms with Gasteiger partial charge in [-0.3, -0.25) is 14.9 Å². The van der Waals surface area contributed by atoms with Crippen molar-refractivity contribution < 1.29 is 14.1 Å². The van der Waals surface area contributed by atoms with Gasteiger partial charge >= 0.3 is 11.6 Å². The van der Waals surface area contributed by atoms with Crippen LogP contribution >= 0.6 is 15.9 Å². The summed E-state index contributed by atoms with van der Waals surface area (Å²) in [6, 6.07) is 3.77. The third-order valence-corrected chi connectivity index (χ3v) is 2.91. The predicted octanol–water partition coefficient (Wildman–Crippen LogP) is 2.25. The minimum absolute atomic E-state index is 0.128. The van der Waals surface area contributed by atoms with Gasteiger partial charge in [-0.1, -0.05) is 0 Å². The van der Waals surface area contributed by atoms with Gasteiger partial charge in [0.2, 0.25) is 0 Å². The number of allylic oxidation sites excluding steroid dienone is 1. The van der Waals surface area contributed by atoms with Gasteiger partial charge in [0.05, 0.1) is 15.1 Å². The van der Waals surface area contributed by atoms with Crippen molar-refractivity contribution in [1.29, 1.82) is 0 Å². The number of nitro groups is 1. The number of halogens is 2. The van der Waals surface area contributed by atoms with Crippen LogP contribution in [0.25, 0.3) is 0 Å². The number of nitrogens with one attached hydrogen (secondary N) is 2. The van der Waals surface area contributed by atoms with Crippen LogP contribution in [-0.2, 0) is 4.79 Å². The molecular weight excluding hydrogens is 321 g/mol. The molecular formula is C11H11BrFN3O3. The standard InChI is InChI=1S/C11H11BrFN3O3/c1-6(14-2)10(16(18)19)11(17)15-7-3-4-9(13)8(12)5-7/h3-5,14H,1-2H3,(H,15,17)/b10-6+. The Balaban J connectivity index is 3.01. The van der Waals surface area contributed by atoms with E-state index in [0.29, 0.717) is 0 Å². The molecule has 0 aliphatic heterocycles. The second-order valence-electron chi connectivity index (χ2n) is 3.56. The molecule has 1 amide bonds. The molecule has 1 aromatic carbocycles. The second kappa shape index (κ2) is 6.28. The van der Waals surface area contributed by atoms with Crippen LogP contribution in [0.4, 0.5) is 10.1 Å². The Bertz CT molecular complexity index is 560. The molecule has 0 unspecified atom stereocenters. The molecule has 1 rings (SSSR count). The molecule has 6 nitrogen and oxygen atoms in total. The van der Waals surface area contributed by atoms with E-state index in [0.717, 1.165) is 6.07 Å². The van der Waals surface area contributed by atoms with E-state index in [1.165, 1.54) is 26.1 Å². The van der Waals surface area contributed by atoms with E-state index in [2.05, 4.69) is 26.6 Å². The van der Waals surface area contributed by atoms with Crippen LogP contribution in [0.3, 0.4) is 0 Å². The van der Waals surface area contributed by atoms with Gasteiger partial charge in [-0.2, -0.15) is 0 Å². The summed E-state index contributed by atoms with van der Waals surface area (Å²) in [6.45, 7) is 1.41. The summed E-state index contributed by atoms with van der Waals surface area (Å²) in [5.41, 5.74) is -0.215. The molecule has 102 valence electrons. The predicted molar refractivity (Wildman–Crippen MR) is 71.5 cm³/mol. The maximum Gasteiger partial charge on any atom is 0.352 e. The molecule has 0 radical (unpaired) electrons. The summed E-state index contributed by atoms with van der Waals surface area (Å²) in [7, 11) is 1.47. The van der Waals surface area contributed by atoms with Gasteiger partial charge in [-0.25, -0.2) is 4.39 Å². The summed E-state index contributed by atoms with van der Waals surface area (Å²) in [5, 5.41) is 15.7. The normalized spacial score (nSPS) is 11.6. The van der Waals surface area contributed by atoms with E-state index in [9.17, 15) is 19.3 Å². The fourth-order valence-corrected chi connectivity index (χ4v) is 1.65. The number of amides is 1. The van der Waals surface area contributed by atoms with Crippen molar-refractivity contribution in [2.24, 2.45) is 0 Å². The van der Waals surface area contributed by atoms with Gasteiger partial charge in [0.25, 0.3) is 0 Å². The van der Waals surface area contributed by atoms with Gasteiger partial charge in [0.15, 0.2) is 0 Å². The number of hydrogen-bond acceptors (Lipinski definition) is 4. The van der Waals surface area contributed by atoms with Crippen molar-refractivity contribution in [3.63, 3.8) is 0 Å². The number of anilines is 1. The average molecular weight is 332 g/mol. The van der Waals surface area contributed by atoms with Gasteiger partial charge in [0.1, 0.15) is 5.82 Å². The highest BCUT2D eigenvalue weighted by atomic mass is 79.9. The largest absolute Gasteiger partial charge is 0.386 e. The highest BCUT2D eigenvalue weighted by molar-refractivity contribution is 9.10. The van der Waals surface area contributed by atoms with Crippen molar-refractivity contribution in [3.8, 4) is 0 Å². The Morgan fingerprint density at radius 3 is 2.58 bits per heavy atom. The zero-order valence-corrected chi connectivity index (χ0v) is 11.7. The summed E-state index contributed by atoms with van der Waals surface area (Å²) in [4.78, 5) is 21.8. The Morgan fingerprint density at radius 2 is 2.11 bits per heavy atom. The number of rotatable bonds is 4. The Labute approximate surface area is 117 Å². The minimum Gasteiger partial charge on any atom is -0.386 e. The Hall–Kier alpha value is -1.96. The molecule has 0 aliphatic rings. The first kappa shape index (κ1) is 15.1. The number of carbonyl (C=O) groups is 1. The zero-order chi connectivity index (χ0) is 14.6. The lowest BCUT2D eigenvalue weighted by molar-refractivity contribution is -0.420. The van der Waals surface area contributed by atoms with E-state index in [4.69, 9.17) is 0 Å². The molecule has 19 heavy (non-hydrogen) atoms. The van der Waals surface area contributed by atoms with Crippen LogP contribution in [0, 0.1) is 15.9 Å². The van der Waals surface area contributed by atoms with E-state index in [1.54, 1.807) is 0 Å². The molecule has 0 saturated heterocycles. The van der Waals surface area contributed by atoms with Crippen LogP contribution in [0.15, 0.2) is 34.1 Å². The first-order chi connectivity index (χ1) is 8.86. The maximum atomic E-state index is 13.0. The number of nitrogens with zero attached hydrogens (tertiary/aromatic N) is 1. The van der Waals surface area contributed by atoms with Crippen LogP contribution in [0.1, 0.15) is 6.92 Å². The first-order valence-corrected chi connectivity index (χ1v) is 5.95. The van der Waals surface area contributed by atoms with Crippen LogP contribution in [0.2, 0.25) is 0 Å². The van der Waals surface area contributed by atoms with E-state index >= 15 is 0 Å². The highest BCUT2D eigenvalue weighted by Crippen LogP contribution is 2.20. The summed E-state index contributed by atoms with van der Waals surface area (Å²) in [5.74, 6) is -1.37. The molecule has 0 fully saturated rings. The molecule has 0 spiro atoms. The molecule has 0 saturated carbocycles. The summed E-state index contributed by atoms with van der Waals surface area (Å²) < 4.78 is 13.2. The molecule has 0 bridgehead atoms. The molecule has 0 aliphatic carbocycles. The minimum atomic E-state index is -0.879. The molecule has 0 aromatic heterocycles. The Morgan fingerprint density at radius 1 is 1.47 bits per heavy atom. The Kier molecular flexibility index (Phi) is 4.99. The number of hydrogen-bond donors (Lipinski definition) is 2. The summed E-state index contributed by atoms with van der Waals surface area (Å²) >= 11 is 2.96. The third-order valence-electron chi connectivity index (χ3n) is 2.31. The number of carbonyl (C=O) groups excluding carboxylic acids is 1. The molecule has 2 N–H and O–H groups in total. The fraction of sp³-hybridized carbons (Fsp3) is 0.182. The average Bonchev–Trinajstić information content (AvgIpc) is 2.33. The highest BCUT2D eigenvalue weighted by Gasteiger charge is 2.25. The third kappa shape index (κ3) is 3.75. The van der Waals surface area contributed by atoms with Crippen LogP contribution < -0.4 is 10.6 Å². The second-order valence-corrected chi connectivity index (χ2v) is 4.42. The van der Waals surface area contributed by atoms with Crippen molar-refractivity contribution in [3.05, 3.63) is 50.0 Å². The van der Waals surface area contributed by atoms with E-state index in [1.807, 2.05) is 0 Å². The summed E-state index contributed by atoms with van der Waals surface area (Å²) in [6.07, 6.45) is 0. The SMILES string of the molecule is CN/C(C)=C(\C(=O)Nc1ccc(F)c(Br)c1)[N+](=O)[O-]. The van der Waals surface area contributed by atoms with Crippen molar-refractivity contribution >= 4 is 27.5 Å². The van der Waals surface area contributed by atoms with Crippen LogP contribution in [0.5, 0.6) is 0 Å². The van der Waals surface area contributed by atoms with E-state index in [-0.39, 0.29) is 15.9 Å². The lowest BCUT2D eigenvalue weighted by Gasteiger charge is -2.06. The van der Waals surface area contributed by atoms with Gasteiger partial charge in [-0.15, -0.1) is 0 Å². The lowest BCUT2D eigenvalue weighted by Crippen LogP contribution is -2.24. The van der Waals surface area contributed by atoms with Gasteiger partial charge in [0, 0.05) is 12.7 Å². The van der Waals surface area contributed by atoms with Crippen molar-refractivity contribution in [2.45, 2.75) is 6.92 Å². The quantitative estimate of drug-likeness (QED) is 0.503. The first-order valence-electron chi connectivity index (χ1n) is 5.16. The maximum absolute atomic E-state index is 13.0. The zero-order valence-electron chi connectivity index (χ0n) is 10.2.